The molecule has 2 aromatic heterocycles. The van der Waals surface area contributed by atoms with Crippen molar-refractivity contribution in [3.05, 3.63) is 62.9 Å². The molecule has 0 fully saturated rings. The summed E-state index contributed by atoms with van der Waals surface area (Å²) in [5, 5.41) is 2.89. The number of thiophene rings is 1. The van der Waals surface area contributed by atoms with Gasteiger partial charge in [-0.15, -0.1) is 11.3 Å². The minimum atomic E-state index is 0.0231. The molecule has 0 aliphatic rings. The first-order chi connectivity index (χ1) is 8.75. The number of ketones is 1. The first-order valence-corrected chi connectivity index (χ1v) is 7.05. The second-order valence-corrected chi connectivity index (χ2v) is 5.67. The van der Waals surface area contributed by atoms with Gasteiger partial charge in [-0.25, -0.2) is 0 Å². The molecule has 2 nitrogen and oxygen atoms in total. The van der Waals surface area contributed by atoms with E-state index in [9.17, 15) is 4.79 Å². The van der Waals surface area contributed by atoms with Gasteiger partial charge in [0, 0.05) is 27.0 Å². The number of pyridine rings is 1. The van der Waals surface area contributed by atoms with E-state index in [4.69, 9.17) is 0 Å². The topological polar surface area (TPSA) is 30.0 Å². The fraction of sp³-hybridized carbons (Fsp3) is 0. The SMILES string of the molecule is O=C(c1cc(Br)cs1)c1cccc2cccnc12. The number of fused-ring (bicyclic) bond motifs is 1. The van der Waals surface area contributed by atoms with Crippen molar-refractivity contribution in [1.29, 1.82) is 0 Å². The van der Waals surface area contributed by atoms with Crippen LogP contribution in [0, 0.1) is 0 Å². The summed E-state index contributed by atoms with van der Waals surface area (Å²) in [6.45, 7) is 0. The first-order valence-electron chi connectivity index (χ1n) is 5.38. The average Bonchev–Trinajstić information content (AvgIpc) is 2.84. The molecule has 3 rings (SSSR count). The molecule has 0 bridgehead atoms. The molecule has 0 radical (unpaired) electrons. The van der Waals surface area contributed by atoms with Crippen LogP contribution in [0.1, 0.15) is 15.2 Å². The maximum Gasteiger partial charge on any atom is 0.205 e. The molecule has 0 saturated carbocycles. The first kappa shape index (κ1) is 11.6. The zero-order chi connectivity index (χ0) is 12.5. The Morgan fingerprint density at radius 2 is 2.06 bits per heavy atom. The summed E-state index contributed by atoms with van der Waals surface area (Å²) < 4.78 is 0.934. The zero-order valence-corrected chi connectivity index (χ0v) is 11.7. The van der Waals surface area contributed by atoms with Crippen LogP contribution in [0.15, 0.2) is 52.4 Å². The van der Waals surface area contributed by atoms with Gasteiger partial charge in [0.1, 0.15) is 0 Å². The van der Waals surface area contributed by atoms with Crippen LogP contribution < -0.4 is 0 Å². The highest BCUT2D eigenvalue weighted by Crippen LogP contribution is 2.25. The van der Waals surface area contributed by atoms with Gasteiger partial charge < -0.3 is 0 Å². The highest BCUT2D eigenvalue weighted by atomic mass is 79.9. The second-order valence-electron chi connectivity index (χ2n) is 3.84. The molecule has 18 heavy (non-hydrogen) atoms. The Balaban J connectivity index is 2.17. The summed E-state index contributed by atoms with van der Waals surface area (Å²) in [6, 6.07) is 11.4. The monoisotopic (exact) mass is 317 g/mol. The molecule has 0 saturated heterocycles. The summed E-state index contributed by atoms with van der Waals surface area (Å²) in [6.07, 6.45) is 1.71. The Bertz CT molecular complexity index is 730. The van der Waals surface area contributed by atoms with Crippen LogP contribution >= 0.6 is 27.3 Å². The van der Waals surface area contributed by atoms with E-state index in [-0.39, 0.29) is 5.78 Å². The van der Waals surface area contributed by atoms with Gasteiger partial charge in [-0.05, 0) is 34.1 Å². The fourth-order valence-electron chi connectivity index (χ4n) is 1.85. The molecule has 3 aromatic rings. The number of rotatable bonds is 2. The summed E-state index contributed by atoms with van der Waals surface area (Å²) in [7, 11) is 0. The van der Waals surface area contributed by atoms with Crippen LogP contribution in [0.5, 0.6) is 0 Å². The van der Waals surface area contributed by atoms with Gasteiger partial charge in [-0.2, -0.15) is 0 Å². The van der Waals surface area contributed by atoms with E-state index in [1.54, 1.807) is 6.20 Å². The minimum Gasteiger partial charge on any atom is -0.288 e. The molecular weight excluding hydrogens is 310 g/mol. The van der Waals surface area contributed by atoms with Crippen molar-refractivity contribution < 1.29 is 4.79 Å². The zero-order valence-electron chi connectivity index (χ0n) is 9.26. The molecular formula is C14H8BrNOS. The Morgan fingerprint density at radius 1 is 1.22 bits per heavy atom. The molecule has 0 atom stereocenters. The lowest BCUT2D eigenvalue weighted by atomic mass is 10.1. The molecule has 88 valence electrons. The molecule has 2 heterocycles. The van der Waals surface area contributed by atoms with Crippen LogP contribution in [-0.2, 0) is 0 Å². The van der Waals surface area contributed by atoms with Crippen molar-refractivity contribution in [2.45, 2.75) is 0 Å². The Hall–Kier alpha value is -1.52. The summed E-state index contributed by atoms with van der Waals surface area (Å²) in [5.74, 6) is 0.0231. The summed E-state index contributed by atoms with van der Waals surface area (Å²) in [4.78, 5) is 17.5. The Labute approximate surface area is 116 Å². The third-order valence-corrected chi connectivity index (χ3v) is 4.36. The van der Waals surface area contributed by atoms with Crippen LogP contribution in [0.2, 0.25) is 0 Å². The molecule has 0 aliphatic carbocycles. The van der Waals surface area contributed by atoms with Crippen LogP contribution in [-0.4, -0.2) is 10.8 Å². The third-order valence-electron chi connectivity index (χ3n) is 2.67. The van der Waals surface area contributed by atoms with Crippen LogP contribution in [0.3, 0.4) is 0 Å². The van der Waals surface area contributed by atoms with Crippen molar-refractivity contribution >= 4 is 44.0 Å². The molecule has 0 aliphatic heterocycles. The Kier molecular flexibility index (Phi) is 2.97. The predicted molar refractivity (Wildman–Crippen MR) is 77.2 cm³/mol. The van der Waals surface area contributed by atoms with Gasteiger partial charge >= 0.3 is 0 Å². The molecule has 0 spiro atoms. The van der Waals surface area contributed by atoms with Gasteiger partial charge in [0.2, 0.25) is 5.78 Å². The quantitative estimate of drug-likeness (QED) is 0.660. The number of hydrogen-bond donors (Lipinski definition) is 0. The van der Waals surface area contributed by atoms with Crippen molar-refractivity contribution in [2.24, 2.45) is 0 Å². The third kappa shape index (κ3) is 1.98. The summed E-state index contributed by atoms with van der Waals surface area (Å²) in [5.41, 5.74) is 1.41. The average molecular weight is 318 g/mol. The maximum absolute atomic E-state index is 12.4. The van der Waals surface area contributed by atoms with Gasteiger partial charge in [-0.1, -0.05) is 18.2 Å². The fourth-order valence-corrected chi connectivity index (χ4v) is 3.23. The number of halogens is 1. The molecule has 0 N–H and O–H groups in total. The molecule has 0 unspecified atom stereocenters. The molecule has 4 heteroatoms. The lowest BCUT2D eigenvalue weighted by molar-refractivity contribution is 0.104. The lowest BCUT2D eigenvalue weighted by Crippen LogP contribution is -2.00. The van der Waals surface area contributed by atoms with E-state index in [0.29, 0.717) is 5.56 Å². The highest BCUT2D eigenvalue weighted by Gasteiger charge is 2.14. The van der Waals surface area contributed by atoms with Crippen molar-refractivity contribution in [3.63, 3.8) is 0 Å². The number of hydrogen-bond acceptors (Lipinski definition) is 3. The van der Waals surface area contributed by atoms with E-state index in [0.717, 1.165) is 20.3 Å². The van der Waals surface area contributed by atoms with Gasteiger partial charge in [0.25, 0.3) is 0 Å². The number of nitrogens with zero attached hydrogens (tertiary/aromatic N) is 1. The largest absolute Gasteiger partial charge is 0.288 e. The van der Waals surface area contributed by atoms with E-state index < -0.39 is 0 Å². The standard InChI is InChI=1S/C14H8BrNOS/c15-10-7-12(18-8-10)14(17)11-5-1-3-9-4-2-6-16-13(9)11/h1-8H. The van der Waals surface area contributed by atoms with Gasteiger partial charge in [0.15, 0.2) is 0 Å². The number of benzene rings is 1. The minimum absolute atomic E-state index is 0.0231. The number of carbonyl (C=O) groups is 1. The van der Waals surface area contributed by atoms with E-state index in [2.05, 4.69) is 20.9 Å². The number of aromatic nitrogens is 1. The normalized spacial score (nSPS) is 10.7. The molecule has 0 amide bonds. The highest BCUT2D eigenvalue weighted by molar-refractivity contribution is 9.10. The smallest absolute Gasteiger partial charge is 0.205 e. The second kappa shape index (κ2) is 4.63. The maximum atomic E-state index is 12.4. The van der Waals surface area contributed by atoms with Crippen LogP contribution in [0.25, 0.3) is 10.9 Å². The van der Waals surface area contributed by atoms with E-state index in [1.807, 2.05) is 41.8 Å². The van der Waals surface area contributed by atoms with Gasteiger partial charge in [-0.3, -0.25) is 9.78 Å². The Morgan fingerprint density at radius 3 is 2.83 bits per heavy atom. The number of carbonyl (C=O) groups excluding carboxylic acids is 1. The van der Waals surface area contributed by atoms with Crippen molar-refractivity contribution in [2.75, 3.05) is 0 Å². The number of para-hydroxylation sites is 1. The van der Waals surface area contributed by atoms with Gasteiger partial charge in [0.05, 0.1) is 10.4 Å². The van der Waals surface area contributed by atoms with Crippen molar-refractivity contribution in [1.82, 2.24) is 4.98 Å². The summed E-state index contributed by atoms with van der Waals surface area (Å²) >= 11 is 4.80. The molecule has 1 aromatic carbocycles. The van der Waals surface area contributed by atoms with E-state index >= 15 is 0 Å². The lowest BCUT2D eigenvalue weighted by Gasteiger charge is -2.02. The van der Waals surface area contributed by atoms with Crippen LogP contribution in [0.4, 0.5) is 0 Å². The predicted octanol–water partition coefficient (Wildman–Crippen LogP) is 4.29. The van der Waals surface area contributed by atoms with E-state index in [1.165, 1.54) is 11.3 Å². The van der Waals surface area contributed by atoms with Crippen molar-refractivity contribution in [3.8, 4) is 0 Å².